The van der Waals surface area contributed by atoms with Gasteiger partial charge < -0.3 is 16.8 Å². The summed E-state index contributed by atoms with van der Waals surface area (Å²) in [4.78, 5) is 21.0. The van der Waals surface area contributed by atoms with Gasteiger partial charge in [0.2, 0.25) is 5.91 Å². The molecule has 0 aliphatic heterocycles. The van der Waals surface area contributed by atoms with Crippen molar-refractivity contribution in [2.45, 2.75) is 23.8 Å². The van der Waals surface area contributed by atoms with E-state index in [4.69, 9.17) is 11.5 Å². The number of aromatic nitrogens is 2. The number of nitrogens with one attached hydrogen (secondary N) is 1. The Morgan fingerprint density at radius 3 is 2.52 bits per heavy atom. The highest BCUT2D eigenvalue weighted by Gasteiger charge is 2.20. The van der Waals surface area contributed by atoms with Gasteiger partial charge in [0, 0.05) is 17.1 Å². The number of amides is 1. The second-order valence-corrected chi connectivity index (χ2v) is 6.70. The first kappa shape index (κ1) is 17.0. The second-order valence-electron chi connectivity index (χ2n) is 5.53. The van der Waals surface area contributed by atoms with Crippen molar-refractivity contribution in [2.24, 2.45) is 0 Å². The monoisotopic (exact) mass is 353 g/mol. The number of hydrogen-bond acceptors (Lipinski definition) is 6. The Morgan fingerprint density at radius 1 is 1.12 bits per heavy atom. The lowest BCUT2D eigenvalue weighted by Gasteiger charge is -2.15. The highest BCUT2D eigenvalue weighted by Crippen LogP contribution is 2.27. The summed E-state index contributed by atoms with van der Waals surface area (Å²) in [6, 6.07) is 15.2. The molecular formula is C18H19N5OS. The highest BCUT2D eigenvalue weighted by atomic mass is 32.2. The summed E-state index contributed by atoms with van der Waals surface area (Å²) in [5.74, 6) is 0.479. The van der Waals surface area contributed by atoms with Crippen molar-refractivity contribution >= 4 is 45.8 Å². The van der Waals surface area contributed by atoms with Crippen molar-refractivity contribution in [3.8, 4) is 0 Å². The van der Waals surface area contributed by atoms with Crippen LogP contribution in [0.15, 0.2) is 53.7 Å². The van der Waals surface area contributed by atoms with E-state index in [1.165, 1.54) is 17.8 Å². The Labute approximate surface area is 150 Å². The van der Waals surface area contributed by atoms with E-state index in [-0.39, 0.29) is 11.2 Å². The molecule has 0 saturated heterocycles. The fourth-order valence-corrected chi connectivity index (χ4v) is 3.42. The zero-order chi connectivity index (χ0) is 17.8. The van der Waals surface area contributed by atoms with E-state index in [9.17, 15) is 4.79 Å². The van der Waals surface area contributed by atoms with Gasteiger partial charge in [0.25, 0.3) is 0 Å². The van der Waals surface area contributed by atoms with E-state index in [0.29, 0.717) is 23.2 Å². The first-order valence-electron chi connectivity index (χ1n) is 7.92. The first-order chi connectivity index (χ1) is 12.1. The van der Waals surface area contributed by atoms with Gasteiger partial charge >= 0.3 is 0 Å². The smallest absolute Gasteiger partial charge is 0.237 e. The standard InChI is InChI=1S/C18H19N5OS/c1-2-14(25-18-22-15(19)10-16(20)23-18)17(24)21-13-9-5-7-11-6-3-4-8-12(11)13/h3-10,14H,2H2,1H3,(H,21,24)(H4,19,20,22,23)/t14-/m1/s1. The number of benzene rings is 2. The van der Waals surface area contributed by atoms with Crippen LogP contribution in [0.4, 0.5) is 17.3 Å². The van der Waals surface area contributed by atoms with E-state index < -0.39 is 0 Å². The normalized spacial score (nSPS) is 12.0. The number of fused-ring (bicyclic) bond motifs is 1. The van der Waals surface area contributed by atoms with Gasteiger partial charge in [-0.25, -0.2) is 9.97 Å². The summed E-state index contributed by atoms with van der Waals surface area (Å²) in [7, 11) is 0. The van der Waals surface area contributed by atoms with Gasteiger partial charge in [-0.2, -0.15) is 0 Å². The Bertz CT molecular complexity index is 889. The Balaban J connectivity index is 1.80. The third-order valence-electron chi connectivity index (χ3n) is 3.70. The molecule has 3 aromatic rings. The summed E-state index contributed by atoms with van der Waals surface area (Å²) >= 11 is 1.26. The van der Waals surface area contributed by atoms with Crippen molar-refractivity contribution in [2.75, 3.05) is 16.8 Å². The molecule has 1 atom stereocenters. The number of carbonyl (C=O) groups excluding carboxylic acids is 1. The minimum Gasteiger partial charge on any atom is -0.383 e. The molecule has 1 amide bonds. The largest absolute Gasteiger partial charge is 0.383 e. The predicted molar refractivity (Wildman–Crippen MR) is 103 cm³/mol. The molecule has 128 valence electrons. The van der Waals surface area contributed by atoms with Crippen LogP contribution < -0.4 is 16.8 Å². The topological polar surface area (TPSA) is 107 Å². The van der Waals surface area contributed by atoms with Crippen molar-refractivity contribution in [3.63, 3.8) is 0 Å². The molecule has 0 radical (unpaired) electrons. The number of nitrogens with zero attached hydrogens (tertiary/aromatic N) is 2. The molecule has 0 spiro atoms. The highest BCUT2D eigenvalue weighted by molar-refractivity contribution is 8.00. The molecule has 1 aromatic heterocycles. The van der Waals surface area contributed by atoms with Crippen LogP contribution in [0.3, 0.4) is 0 Å². The van der Waals surface area contributed by atoms with Gasteiger partial charge in [-0.05, 0) is 17.9 Å². The van der Waals surface area contributed by atoms with Crippen LogP contribution in [0.25, 0.3) is 10.8 Å². The molecule has 0 aliphatic carbocycles. The summed E-state index contributed by atoms with van der Waals surface area (Å²) in [5, 5.41) is 5.14. The van der Waals surface area contributed by atoms with Crippen molar-refractivity contribution in [3.05, 3.63) is 48.5 Å². The molecule has 0 aliphatic rings. The van der Waals surface area contributed by atoms with E-state index in [1.807, 2.05) is 49.4 Å². The molecule has 2 aromatic carbocycles. The van der Waals surface area contributed by atoms with Crippen molar-refractivity contribution in [1.29, 1.82) is 0 Å². The Kier molecular flexibility index (Phi) is 5.04. The molecule has 0 bridgehead atoms. The van der Waals surface area contributed by atoms with Crippen LogP contribution in [0.5, 0.6) is 0 Å². The molecule has 3 rings (SSSR count). The van der Waals surface area contributed by atoms with Crippen molar-refractivity contribution in [1.82, 2.24) is 9.97 Å². The van der Waals surface area contributed by atoms with E-state index in [1.54, 1.807) is 0 Å². The lowest BCUT2D eigenvalue weighted by atomic mass is 10.1. The SMILES string of the molecule is CC[C@@H](Sc1nc(N)cc(N)n1)C(=O)Nc1cccc2ccccc12. The molecule has 0 fully saturated rings. The fraction of sp³-hybridized carbons (Fsp3) is 0.167. The van der Waals surface area contributed by atoms with Crippen LogP contribution in [0, 0.1) is 0 Å². The average Bonchev–Trinajstić information content (AvgIpc) is 2.59. The number of nitrogens with two attached hydrogens (primary N) is 2. The minimum atomic E-state index is -0.347. The van der Waals surface area contributed by atoms with Gasteiger partial charge in [-0.1, -0.05) is 55.1 Å². The Morgan fingerprint density at radius 2 is 1.80 bits per heavy atom. The lowest BCUT2D eigenvalue weighted by molar-refractivity contribution is -0.115. The molecule has 5 N–H and O–H groups in total. The molecule has 7 heteroatoms. The maximum absolute atomic E-state index is 12.7. The summed E-state index contributed by atoms with van der Waals surface area (Å²) in [6.07, 6.45) is 0.624. The lowest BCUT2D eigenvalue weighted by Crippen LogP contribution is -2.25. The third kappa shape index (κ3) is 4.00. The molecule has 0 saturated carbocycles. The summed E-state index contributed by atoms with van der Waals surface area (Å²) in [6.45, 7) is 1.94. The van der Waals surface area contributed by atoms with E-state index >= 15 is 0 Å². The minimum absolute atomic E-state index is 0.103. The molecule has 25 heavy (non-hydrogen) atoms. The zero-order valence-corrected chi connectivity index (χ0v) is 14.6. The van der Waals surface area contributed by atoms with Gasteiger partial charge in [0.1, 0.15) is 11.6 Å². The van der Waals surface area contributed by atoms with Crippen LogP contribution in [-0.2, 0) is 4.79 Å². The average molecular weight is 353 g/mol. The molecular weight excluding hydrogens is 334 g/mol. The summed E-state index contributed by atoms with van der Waals surface area (Å²) in [5.41, 5.74) is 12.2. The molecule has 6 nitrogen and oxygen atoms in total. The quantitative estimate of drug-likeness (QED) is 0.480. The molecule has 1 heterocycles. The van der Waals surface area contributed by atoms with Crippen LogP contribution in [0.2, 0.25) is 0 Å². The van der Waals surface area contributed by atoms with Gasteiger partial charge in [0.15, 0.2) is 5.16 Å². The number of thioether (sulfide) groups is 1. The van der Waals surface area contributed by atoms with Crippen LogP contribution in [-0.4, -0.2) is 21.1 Å². The van der Waals surface area contributed by atoms with Crippen LogP contribution in [0.1, 0.15) is 13.3 Å². The number of hydrogen-bond donors (Lipinski definition) is 3. The second kappa shape index (κ2) is 7.40. The number of carbonyl (C=O) groups is 1. The maximum atomic E-state index is 12.7. The van der Waals surface area contributed by atoms with Crippen LogP contribution >= 0.6 is 11.8 Å². The van der Waals surface area contributed by atoms with Gasteiger partial charge in [-0.3, -0.25) is 4.79 Å². The van der Waals surface area contributed by atoms with E-state index in [2.05, 4.69) is 15.3 Å². The zero-order valence-electron chi connectivity index (χ0n) is 13.8. The fourth-order valence-electron chi connectivity index (χ4n) is 2.51. The Hall–Kier alpha value is -2.80. The van der Waals surface area contributed by atoms with Gasteiger partial charge in [0.05, 0.1) is 5.25 Å². The summed E-state index contributed by atoms with van der Waals surface area (Å²) < 4.78 is 0. The number of anilines is 3. The van der Waals surface area contributed by atoms with E-state index in [0.717, 1.165) is 16.5 Å². The number of nitrogen functional groups attached to an aromatic ring is 2. The van der Waals surface area contributed by atoms with Crippen molar-refractivity contribution < 1.29 is 4.79 Å². The molecule has 0 unspecified atom stereocenters. The maximum Gasteiger partial charge on any atom is 0.237 e. The predicted octanol–water partition coefficient (Wildman–Crippen LogP) is 3.30. The first-order valence-corrected chi connectivity index (χ1v) is 8.80. The third-order valence-corrected chi connectivity index (χ3v) is 4.93. The number of rotatable bonds is 5. The van der Waals surface area contributed by atoms with Gasteiger partial charge in [-0.15, -0.1) is 0 Å².